The van der Waals surface area contributed by atoms with Crippen molar-refractivity contribution in [3.63, 3.8) is 0 Å². The molecule has 1 atom stereocenters. The number of aromatic nitrogens is 3. The highest BCUT2D eigenvalue weighted by Crippen LogP contribution is 2.40. The Hall–Kier alpha value is -1.09. The molecule has 1 aliphatic heterocycles. The van der Waals surface area contributed by atoms with Crippen LogP contribution in [0, 0.1) is 0 Å². The van der Waals surface area contributed by atoms with Crippen molar-refractivity contribution >= 4 is 27.5 Å². The standard InChI is InChI=1S/C14H22N4O3S2/c1-3-18-13(10-4-5-10)15-16-14(18)22-8-12(19)17(2)11-6-7-23(20,21)9-11/h10-11H,3-9H2,1-2H3/t11-/m0/s1. The van der Waals surface area contributed by atoms with Gasteiger partial charge in [0.15, 0.2) is 15.0 Å². The van der Waals surface area contributed by atoms with Crippen molar-refractivity contribution in [3.8, 4) is 0 Å². The van der Waals surface area contributed by atoms with E-state index in [1.54, 1.807) is 11.9 Å². The molecule has 1 aliphatic carbocycles. The Bertz CT molecular complexity index is 697. The van der Waals surface area contributed by atoms with Crippen LogP contribution < -0.4 is 0 Å². The van der Waals surface area contributed by atoms with E-state index in [2.05, 4.69) is 21.7 Å². The Morgan fingerprint density at radius 2 is 2.09 bits per heavy atom. The Balaban J connectivity index is 1.58. The number of hydrogen-bond acceptors (Lipinski definition) is 6. The van der Waals surface area contributed by atoms with Crippen LogP contribution in [0.25, 0.3) is 0 Å². The van der Waals surface area contributed by atoms with Gasteiger partial charge in [0, 0.05) is 25.6 Å². The van der Waals surface area contributed by atoms with Gasteiger partial charge in [-0.1, -0.05) is 11.8 Å². The molecule has 2 fully saturated rings. The average molecular weight is 358 g/mol. The summed E-state index contributed by atoms with van der Waals surface area (Å²) in [5.41, 5.74) is 0. The number of carbonyl (C=O) groups is 1. The monoisotopic (exact) mass is 358 g/mol. The van der Waals surface area contributed by atoms with Gasteiger partial charge >= 0.3 is 0 Å². The van der Waals surface area contributed by atoms with Crippen LogP contribution in [0.1, 0.15) is 37.9 Å². The van der Waals surface area contributed by atoms with Crippen molar-refractivity contribution in [1.29, 1.82) is 0 Å². The summed E-state index contributed by atoms with van der Waals surface area (Å²) in [5, 5.41) is 9.24. The molecule has 7 nitrogen and oxygen atoms in total. The molecule has 128 valence electrons. The van der Waals surface area contributed by atoms with Crippen LogP contribution in [0.15, 0.2) is 5.16 Å². The summed E-state index contributed by atoms with van der Waals surface area (Å²) in [5.74, 6) is 2.01. The third-order valence-electron chi connectivity index (χ3n) is 4.48. The summed E-state index contributed by atoms with van der Waals surface area (Å²) in [6, 6.07) is -0.195. The number of hydrogen-bond donors (Lipinski definition) is 0. The lowest BCUT2D eigenvalue weighted by molar-refractivity contribution is -0.128. The van der Waals surface area contributed by atoms with Crippen LogP contribution in [0.5, 0.6) is 0 Å². The van der Waals surface area contributed by atoms with E-state index >= 15 is 0 Å². The number of amides is 1. The van der Waals surface area contributed by atoms with Crippen molar-refractivity contribution in [2.24, 2.45) is 0 Å². The molecule has 0 aromatic carbocycles. The maximum absolute atomic E-state index is 12.3. The molecule has 2 aliphatic rings. The summed E-state index contributed by atoms with van der Waals surface area (Å²) < 4.78 is 25.2. The summed E-state index contributed by atoms with van der Waals surface area (Å²) >= 11 is 1.38. The average Bonchev–Trinajstić information content (AvgIpc) is 3.18. The molecule has 0 unspecified atom stereocenters. The van der Waals surface area contributed by atoms with Crippen LogP contribution >= 0.6 is 11.8 Å². The number of sulfone groups is 1. The third kappa shape index (κ3) is 3.71. The summed E-state index contributed by atoms with van der Waals surface area (Å²) in [6.45, 7) is 2.85. The van der Waals surface area contributed by atoms with Gasteiger partial charge in [-0.15, -0.1) is 10.2 Å². The second kappa shape index (κ2) is 6.43. The molecule has 0 N–H and O–H groups in total. The van der Waals surface area contributed by atoms with E-state index in [1.165, 1.54) is 24.6 Å². The molecule has 23 heavy (non-hydrogen) atoms. The zero-order valence-electron chi connectivity index (χ0n) is 13.4. The van der Waals surface area contributed by atoms with Gasteiger partial charge in [-0.05, 0) is 26.2 Å². The number of nitrogens with zero attached hydrogens (tertiary/aromatic N) is 4. The fraction of sp³-hybridized carbons (Fsp3) is 0.786. The number of thioether (sulfide) groups is 1. The summed E-state index contributed by atoms with van der Waals surface area (Å²) in [6.07, 6.45) is 2.87. The Labute approximate surface area is 140 Å². The molecule has 1 aromatic rings. The summed E-state index contributed by atoms with van der Waals surface area (Å²) in [4.78, 5) is 13.9. The van der Waals surface area contributed by atoms with Gasteiger partial charge < -0.3 is 9.47 Å². The molecule has 9 heteroatoms. The van der Waals surface area contributed by atoms with Gasteiger partial charge in [-0.25, -0.2) is 8.42 Å². The van der Waals surface area contributed by atoms with Gasteiger partial charge in [0.25, 0.3) is 0 Å². The van der Waals surface area contributed by atoms with Crippen molar-refractivity contribution in [1.82, 2.24) is 19.7 Å². The first kappa shape index (κ1) is 16.8. The highest BCUT2D eigenvalue weighted by molar-refractivity contribution is 7.99. The molecule has 1 saturated carbocycles. The molecule has 0 radical (unpaired) electrons. The molecule has 1 aromatic heterocycles. The zero-order valence-corrected chi connectivity index (χ0v) is 15.1. The molecule has 0 bridgehead atoms. The molecule has 0 spiro atoms. The first-order valence-electron chi connectivity index (χ1n) is 7.93. The van der Waals surface area contributed by atoms with Crippen molar-refractivity contribution < 1.29 is 13.2 Å². The van der Waals surface area contributed by atoms with E-state index in [-0.39, 0.29) is 29.2 Å². The topological polar surface area (TPSA) is 85.2 Å². The fourth-order valence-electron chi connectivity index (χ4n) is 2.86. The predicted molar refractivity (Wildman–Crippen MR) is 88.2 cm³/mol. The van der Waals surface area contributed by atoms with E-state index in [0.29, 0.717) is 12.3 Å². The second-order valence-corrected chi connectivity index (χ2v) is 9.38. The van der Waals surface area contributed by atoms with E-state index in [1.807, 2.05) is 0 Å². The fourth-order valence-corrected chi connectivity index (χ4v) is 5.57. The van der Waals surface area contributed by atoms with Crippen LogP contribution in [-0.2, 0) is 21.2 Å². The van der Waals surface area contributed by atoms with Crippen LogP contribution in [0.3, 0.4) is 0 Å². The number of carbonyl (C=O) groups excluding carboxylic acids is 1. The maximum Gasteiger partial charge on any atom is 0.233 e. The predicted octanol–water partition coefficient (Wildman–Crippen LogP) is 0.913. The number of rotatable bonds is 6. The Morgan fingerprint density at radius 1 is 1.35 bits per heavy atom. The normalized spacial score (nSPS) is 23.1. The highest BCUT2D eigenvalue weighted by Gasteiger charge is 2.33. The summed E-state index contributed by atoms with van der Waals surface area (Å²) in [7, 11) is -1.29. The lowest BCUT2D eigenvalue weighted by atomic mass is 10.2. The zero-order chi connectivity index (χ0) is 16.6. The minimum absolute atomic E-state index is 0.0595. The van der Waals surface area contributed by atoms with Crippen molar-refractivity contribution in [2.45, 2.75) is 49.8 Å². The Kier molecular flexibility index (Phi) is 4.68. The largest absolute Gasteiger partial charge is 0.341 e. The molecule has 3 rings (SSSR count). The molecule has 1 saturated heterocycles. The molecule has 1 amide bonds. The van der Waals surface area contributed by atoms with Crippen LogP contribution in [0.4, 0.5) is 0 Å². The van der Waals surface area contributed by atoms with Gasteiger partial charge in [-0.3, -0.25) is 4.79 Å². The minimum atomic E-state index is -2.98. The minimum Gasteiger partial charge on any atom is -0.341 e. The SMILES string of the molecule is CCn1c(SCC(=O)N(C)[C@H]2CCS(=O)(=O)C2)nnc1C1CC1. The van der Waals surface area contributed by atoms with Gasteiger partial charge in [0.1, 0.15) is 5.82 Å². The van der Waals surface area contributed by atoms with Gasteiger partial charge in [0.2, 0.25) is 5.91 Å². The van der Waals surface area contributed by atoms with Gasteiger partial charge in [-0.2, -0.15) is 0 Å². The van der Waals surface area contributed by atoms with E-state index in [4.69, 9.17) is 0 Å². The van der Waals surface area contributed by atoms with Crippen LogP contribution in [-0.4, -0.2) is 64.3 Å². The first-order chi connectivity index (χ1) is 10.9. The second-order valence-electron chi connectivity index (χ2n) is 6.21. The maximum atomic E-state index is 12.3. The van der Waals surface area contributed by atoms with Crippen molar-refractivity contribution in [3.05, 3.63) is 5.82 Å². The van der Waals surface area contributed by atoms with Gasteiger partial charge in [0.05, 0.1) is 17.3 Å². The van der Waals surface area contributed by atoms with E-state index < -0.39 is 9.84 Å². The quantitative estimate of drug-likeness (QED) is 0.703. The van der Waals surface area contributed by atoms with E-state index in [0.717, 1.165) is 17.5 Å². The Morgan fingerprint density at radius 3 is 2.65 bits per heavy atom. The third-order valence-corrected chi connectivity index (χ3v) is 7.18. The molecular formula is C14H22N4O3S2. The molecular weight excluding hydrogens is 336 g/mol. The highest BCUT2D eigenvalue weighted by atomic mass is 32.2. The lowest BCUT2D eigenvalue weighted by Crippen LogP contribution is -2.38. The molecule has 2 heterocycles. The van der Waals surface area contributed by atoms with E-state index in [9.17, 15) is 13.2 Å². The lowest BCUT2D eigenvalue weighted by Gasteiger charge is -2.23. The first-order valence-corrected chi connectivity index (χ1v) is 10.7. The van der Waals surface area contributed by atoms with Crippen LogP contribution in [0.2, 0.25) is 0 Å². The smallest absolute Gasteiger partial charge is 0.233 e. The van der Waals surface area contributed by atoms with Crippen molar-refractivity contribution in [2.75, 3.05) is 24.3 Å².